The molecule has 1 aromatic heterocycles. The molecule has 5 nitrogen and oxygen atoms in total. The van der Waals surface area contributed by atoms with Gasteiger partial charge in [0.05, 0.1) is 6.54 Å². The van der Waals surface area contributed by atoms with E-state index in [1.54, 1.807) is 18.5 Å². The normalized spacial score (nSPS) is 31.1. The molecule has 2 fully saturated rings. The van der Waals surface area contributed by atoms with Gasteiger partial charge in [0, 0.05) is 18.4 Å². The van der Waals surface area contributed by atoms with E-state index in [4.69, 9.17) is 0 Å². The maximum atomic E-state index is 11.5. The molecule has 1 aliphatic heterocycles. The first-order valence-electron chi connectivity index (χ1n) is 7.00. The van der Waals surface area contributed by atoms with Gasteiger partial charge in [-0.05, 0) is 31.2 Å². The van der Waals surface area contributed by atoms with Crippen LogP contribution >= 0.6 is 0 Å². The summed E-state index contributed by atoms with van der Waals surface area (Å²) in [5.41, 5.74) is 0. The van der Waals surface area contributed by atoms with Crippen molar-refractivity contribution in [1.82, 2.24) is 14.9 Å². The van der Waals surface area contributed by atoms with Gasteiger partial charge in [-0.1, -0.05) is 12.8 Å². The molecule has 1 aromatic rings. The van der Waals surface area contributed by atoms with Crippen molar-refractivity contribution < 1.29 is 9.90 Å². The second-order valence-corrected chi connectivity index (χ2v) is 5.54. The summed E-state index contributed by atoms with van der Waals surface area (Å²) in [6.07, 6.45) is 8.94. The van der Waals surface area contributed by atoms with Gasteiger partial charge in [0.25, 0.3) is 0 Å². The van der Waals surface area contributed by atoms with Crippen LogP contribution in [-0.4, -0.2) is 38.0 Å². The van der Waals surface area contributed by atoms with Gasteiger partial charge in [0.15, 0.2) is 0 Å². The molecule has 0 bridgehead atoms. The summed E-state index contributed by atoms with van der Waals surface area (Å²) >= 11 is 0. The van der Waals surface area contributed by atoms with Crippen molar-refractivity contribution in [2.75, 3.05) is 0 Å². The molecule has 1 aliphatic carbocycles. The lowest BCUT2D eigenvalue weighted by Crippen LogP contribution is -2.42. The Balaban J connectivity index is 1.80. The highest BCUT2D eigenvalue weighted by Gasteiger charge is 2.45. The number of nitrogens with zero attached hydrogens (tertiary/aromatic N) is 3. The molecule has 0 radical (unpaired) electrons. The molecule has 3 rings (SSSR count). The minimum atomic E-state index is -0.703. The highest BCUT2D eigenvalue weighted by atomic mass is 16.4. The first kappa shape index (κ1) is 12.5. The zero-order valence-electron chi connectivity index (χ0n) is 10.9. The van der Waals surface area contributed by atoms with Gasteiger partial charge in [0.1, 0.15) is 11.9 Å². The van der Waals surface area contributed by atoms with Crippen molar-refractivity contribution in [3.63, 3.8) is 0 Å². The van der Waals surface area contributed by atoms with E-state index in [1.165, 1.54) is 19.3 Å². The van der Waals surface area contributed by atoms with Crippen molar-refractivity contribution in [2.45, 2.75) is 50.7 Å². The average molecular weight is 261 g/mol. The highest BCUT2D eigenvalue weighted by molar-refractivity contribution is 5.74. The van der Waals surface area contributed by atoms with E-state index in [2.05, 4.69) is 14.9 Å². The van der Waals surface area contributed by atoms with Crippen molar-refractivity contribution in [3.8, 4) is 0 Å². The summed E-state index contributed by atoms with van der Waals surface area (Å²) in [5, 5.41) is 9.43. The fourth-order valence-corrected chi connectivity index (χ4v) is 3.60. The minimum absolute atomic E-state index is 0.364. The van der Waals surface area contributed by atoms with Gasteiger partial charge in [-0.15, -0.1) is 0 Å². The van der Waals surface area contributed by atoms with Crippen LogP contribution in [0.1, 0.15) is 37.9 Å². The van der Waals surface area contributed by atoms with Crippen LogP contribution in [0.15, 0.2) is 18.5 Å². The van der Waals surface area contributed by atoms with E-state index in [9.17, 15) is 9.90 Å². The molecule has 2 aliphatic rings. The predicted molar refractivity (Wildman–Crippen MR) is 69.4 cm³/mol. The van der Waals surface area contributed by atoms with Gasteiger partial charge < -0.3 is 5.11 Å². The Bertz CT molecular complexity index is 451. The molecule has 3 atom stereocenters. The standard InChI is InChI=1S/C14H19N3O2/c18-14(19)12-8-10-4-1-2-5-11(10)17(12)9-13-15-6-3-7-16-13/h3,6-7,10-12H,1-2,4-5,8-9H2,(H,18,19). The molecule has 1 saturated carbocycles. The third kappa shape index (κ3) is 2.47. The smallest absolute Gasteiger partial charge is 0.320 e. The fraction of sp³-hybridized carbons (Fsp3) is 0.643. The van der Waals surface area contributed by atoms with Crippen LogP contribution < -0.4 is 0 Å². The van der Waals surface area contributed by atoms with E-state index in [0.29, 0.717) is 18.5 Å². The fourth-order valence-electron chi connectivity index (χ4n) is 3.60. The van der Waals surface area contributed by atoms with Crippen molar-refractivity contribution in [2.24, 2.45) is 5.92 Å². The third-order valence-electron chi connectivity index (χ3n) is 4.45. The number of aliphatic carboxylic acids is 1. The third-order valence-corrected chi connectivity index (χ3v) is 4.45. The maximum absolute atomic E-state index is 11.5. The Morgan fingerprint density at radius 1 is 1.32 bits per heavy atom. The number of carboxylic acids is 1. The van der Waals surface area contributed by atoms with Crippen LogP contribution in [-0.2, 0) is 11.3 Å². The molecule has 2 heterocycles. The zero-order chi connectivity index (χ0) is 13.2. The van der Waals surface area contributed by atoms with Gasteiger partial charge in [0.2, 0.25) is 0 Å². The van der Waals surface area contributed by atoms with Crippen LogP contribution in [0.2, 0.25) is 0 Å². The van der Waals surface area contributed by atoms with Gasteiger partial charge >= 0.3 is 5.97 Å². The number of carboxylic acid groups (broad SMARTS) is 1. The second kappa shape index (κ2) is 5.25. The number of likely N-dealkylation sites (tertiary alicyclic amines) is 1. The van der Waals surface area contributed by atoms with Crippen molar-refractivity contribution >= 4 is 5.97 Å². The number of aromatic nitrogens is 2. The summed E-state index contributed by atoms with van der Waals surface area (Å²) in [6, 6.07) is 1.82. The molecule has 3 unspecified atom stereocenters. The first-order valence-corrected chi connectivity index (χ1v) is 7.00. The molecular formula is C14H19N3O2. The molecule has 0 spiro atoms. The van der Waals surface area contributed by atoms with Crippen LogP contribution in [0.3, 0.4) is 0 Å². The zero-order valence-corrected chi connectivity index (χ0v) is 10.9. The van der Waals surface area contributed by atoms with E-state index in [0.717, 1.165) is 18.7 Å². The lowest BCUT2D eigenvalue weighted by molar-refractivity contribution is -0.142. The van der Waals surface area contributed by atoms with E-state index < -0.39 is 5.97 Å². The summed E-state index contributed by atoms with van der Waals surface area (Å²) < 4.78 is 0. The molecule has 102 valence electrons. The largest absolute Gasteiger partial charge is 0.480 e. The van der Waals surface area contributed by atoms with Gasteiger partial charge in [-0.2, -0.15) is 0 Å². The molecular weight excluding hydrogens is 242 g/mol. The van der Waals surface area contributed by atoms with Gasteiger partial charge in [-0.3, -0.25) is 9.69 Å². The first-order chi connectivity index (χ1) is 9.25. The molecule has 1 N–H and O–H groups in total. The topological polar surface area (TPSA) is 66.3 Å². The van der Waals surface area contributed by atoms with Crippen LogP contribution in [0.5, 0.6) is 0 Å². The van der Waals surface area contributed by atoms with E-state index in [-0.39, 0.29) is 6.04 Å². The van der Waals surface area contributed by atoms with Crippen LogP contribution in [0.25, 0.3) is 0 Å². The van der Waals surface area contributed by atoms with E-state index in [1.807, 2.05) is 0 Å². The van der Waals surface area contributed by atoms with Crippen LogP contribution in [0.4, 0.5) is 0 Å². The Kier molecular flexibility index (Phi) is 3.46. The SMILES string of the molecule is O=C(O)C1CC2CCCCC2N1Cc1ncccn1. The lowest BCUT2D eigenvalue weighted by Gasteiger charge is -2.32. The Labute approximate surface area is 112 Å². The number of fused-ring (bicyclic) bond motifs is 1. The predicted octanol–water partition coefficient (Wildman–Crippen LogP) is 1.69. The Morgan fingerprint density at radius 2 is 2.05 bits per heavy atom. The molecule has 0 aromatic carbocycles. The molecule has 19 heavy (non-hydrogen) atoms. The maximum Gasteiger partial charge on any atom is 0.320 e. The van der Waals surface area contributed by atoms with Gasteiger partial charge in [-0.25, -0.2) is 9.97 Å². The average Bonchev–Trinajstić information content (AvgIpc) is 2.79. The minimum Gasteiger partial charge on any atom is -0.480 e. The number of rotatable bonds is 3. The lowest BCUT2D eigenvalue weighted by atomic mass is 9.85. The summed E-state index contributed by atoms with van der Waals surface area (Å²) in [5.74, 6) is 0.559. The summed E-state index contributed by atoms with van der Waals surface area (Å²) in [6.45, 7) is 0.555. The Morgan fingerprint density at radius 3 is 2.79 bits per heavy atom. The van der Waals surface area contributed by atoms with Crippen molar-refractivity contribution in [1.29, 1.82) is 0 Å². The summed E-state index contributed by atoms with van der Waals surface area (Å²) in [7, 11) is 0. The number of hydrogen-bond donors (Lipinski definition) is 1. The van der Waals surface area contributed by atoms with Crippen molar-refractivity contribution in [3.05, 3.63) is 24.3 Å². The molecule has 1 saturated heterocycles. The van der Waals surface area contributed by atoms with E-state index >= 15 is 0 Å². The van der Waals surface area contributed by atoms with Crippen LogP contribution in [0, 0.1) is 5.92 Å². The molecule has 0 amide bonds. The number of carbonyl (C=O) groups is 1. The monoisotopic (exact) mass is 261 g/mol. The highest BCUT2D eigenvalue weighted by Crippen LogP contribution is 2.40. The quantitative estimate of drug-likeness (QED) is 0.897. The summed E-state index contributed by atoms with van der Waals surface area (Å²) in [4.78, 5) is 22.0. The Hall–Kier alpha value is -1.49. The second-order valence-electron chi connectivity index (χ2n) is 5.54. The number of hydrogen-bond acceptors (Lipinski definition) is 4. The molecule has 5 heteroatoms.